The molecule has 2 aromatic carbocycles. The van der Waals surface area contributed by atoms with Crippen LogP contribution in [0.3, 0.4) is 0 Å². The number of hydrogen-bond acceptors (Lipinski definition) is 3. The van der Waals surface area contributed by atoms with Crippen molar-refractivity contribution in [2.75, 3.05) is 27.2 Å². The molecule has 2 aromatic rings. The van der Waals surface area contributed by atoms with Crippen LogP contribution in [0.25, 0.3) is 0 Å². The first-order valence-corrected chi connectivity index (χ1v) is 9.09. The number of nitrogens with zero attached hydrogens (tertiary/aromatic N) is 1. The van der Waals surface area contributed by atoms with Crippen LogP contribution in [0.5, 0.6) is 5.75 Å². The number of halogens is 2. The summed E-state index contributed by atoms with van der Waals surface area (Å²) in [6, 6.07) is 12.6. The second-order valence-electron chi connectivity index (χ2n) is 5.59. The molecular weight excluding hydrogens is 387 g/mol. The Bertz CT molecular complexity index is 795. The van der Waals surface area contributed by atoms with Gasteiger partial charge in [-0.05, 0) is 35.9 Å². The van der Waals surface area contributed by atoms with Crippen molar-refractivity contribution in [3.8, 4) is 5.75 Å². The van der Waals surface area contributed by atoms with Gasteiger partial charge in [0.25, 0.3) is 5.91 Å². The molecule has 0 aliphatic rings. The highest BCUT2D eigenvalue weighted by Crippen LogP contribution is 2.22. The predicted molar refractivity (Wildman–Crippen MR) is 110 cm³/mol. The standard InChI is InChI=1S/C19H22Cl2N4O2/c1-22-19(25-12-13-3-6-15(27-2)7-4-13)24-10-9-23-18(26)14-5-8-16(20)17(21)11-14/h3-8,11H,9-10,12H2,1-2H3,(H,23,26)(H2,22,24,25). The van der Waals surface area contributed by atoms with E-state index in [-0.39, 0.29) is 5.91 Å². The summed E-state index contributed by atoms with van der Waals surface area (Å²) in [5.41, 5.74) is 1.57. The molecule has 0 aliphatic carbocycles. The van der Waals surface area contributed by atoms with Crippen molar-refractivity contribution in [2.45, 2.75) is 6.54 Å². The molecule has 0 fully saturated rings. The highest BCUT2D eigenvalue weighted by molar-refractivity contribution is 6.42. The first kappa shape index (κ1) is 20.9. The first-order valence-electron chi connectivity index (χ1n) is 8.34. The van der Waals surface area contributed by atoms with Gasteiger partial charge >= 0.3 is 0 Å². The van der Waals surface area contributed by atoms with Crippen LogP contribution in [-0.2, 0) is 6.54 Å². The van der Waals surface area contributed by atoms with Crippen LogP contribution in [-0.4, -0.2) is 39.1 Å². The van der Waals surface area contributed by atoms with E-state index in [2.05, 4.69) is 20.9 Å². The molecule has 8 heteroatoms. The fourth-order valence-corrected chi connectivity index (χ4v) is 2.54. The lowest BCUT2D eigenvalue weighted by Gasteiger charge is -2.13. The molecule has 0 atom stereocenters. The van der Waals surface area contributed by atoms with E-state index in [0.29, 0.717) is 41.2 Å². The number of amides is 1. The molecule has 3 N–H and O–H groups in total. The summed E-state index contributed by atoms with van der Waals surface area (Å²) >= 11 is 11.8. The second kappa shape index (κ2) is 10.6. The van der Waals surface area contributed by atoms with E-state index in [9.17, 15) is 4.79 Å². The van der Waals surface area contributed by atoms with Crippen molar-refractivity contribution < 1.29 is 9.53 Å². The van der Waals surface area contributed by atoms with E-state index in [0.717, 1.165) is 11.3 Å². The number of guanidine groups is 1. The van der Waals surface area contributed by atoms with E-state index in [1.807, 2.05) is 24.3 Å². The molecule has 27 heavy (non-hydrogen) atoms. The van der Waals surface area contributed by atoms with Gasteiger partial charge in [-0.2, -0.15) is 0 Å². The summed E-state index contributed by atoms with van der Waals surface area (Å²) in [4.78, 5) is 16.2. The SMILES string of the molecule is CN=C(NCCNC(=O)c1ccc(Cl)c(Cl)c1)NCc1ccc(OC)cc1. The van der Waals surface area contributed by atoms with E-state index >= 15 is 0 Å². The zero-order chi connectivity index (χ0) is 19.6. The smallest absolute Gasteiger partial charge is 0.251 e. The Morgan fingerprint density at radius 3 is 2.33 bits per heavy atom. The molecule has 144 valence electrons. The maximum Gasteiger partial charge on any atom is 0.251 e. The van der Waals surface area contributed by atoms with Crippen LogP contribution in [0.15, 0.2) is 47.5 Å². The average molecular weight is 409 g/mol. The largest absolute Gasteiger partial charge is 0.497 e. The number of rotatable bonds is 7. The third kappa shape index (κ3) is 6.66. The van der Waals surface area contributed by atoms with E-state index in [1.54, 1.807) is 32.4 Å². The maximum atomic E-state index is 12.1. The van der Waals surface area contributed by atoms with Crippen LogP contribution in [0.1, 0.15) is 15.9 Å². The number of methoxy groups -OCH3 is 1. The highest BCUT2D eigenvalue weighted by atomic mass is 35.5. The van der Waals surface area contributed by atoms with Gasteiger partial charge in [0.2, 0.25) is 0 Å². The lowest BCUT2D eigenvalue weighted by molar-refractivity contribution is 0.0954. The number of nitrogens with one attached hydrogen (secondary N) is 3. The number of aliphatic imine (C=N–C) groups is 1. The lowest BCUT2D eigenvalue weighted by Crippen LogP contribution is -2.41. The number of carbonyl (C=O) groups is 1. The molecular formula is C19H22Cl2N4O2. The van der Waals surface area contributed by atoms with E-state index < -0.39 is 0 Å². The predicted octanol–water partition coefficient (Wildman–Crippen LogP) is 3.10. The van der Waals surface area contributed by atoms with Crippen molar-refractivity contribution in [2.24, 2.45) is 4.99 Å². The number of hydrogen-bond donors (Lipinski definition) is 3. The van der Waals surface area contributed by atoms with Gasteiger partial charge in [-0.3, -0.25) is 9.79 Å². The van der Waals surface area contributed by atoms with Gasteiger partial charge in [-0.1, -0.05) is 35.3 Å². The van der Waals surface area contributed by atoms with Crippen LogP contribution >= 0.6 is 23.2 Å². The summed E-state index contributed by atoms with van der Waals surface area (Å²) in [5, 5.41) is 9.93. The molecule has 0 unspecified atom stereocenters. The summed E-state index contributed by atoms with van der Waals surface area (Å²) in [6.45, 7) is 1.58. The molecule has 0 bridgehead atoms. The molecule has 1 amide bonds. The summed E-state index contributed by atoms with van der Waals surface area (Å²) in [5.74, 6) is 1.25. The molecule has 0 radical (unpaired) electrons. The molecule has 0 heterocycles. The molecule has 6 nitrogen and oxygen atoms in total. The zero-order valence-electron chi connectivity index (χ0n) is 15.2. The minimum atomic E-state index is -0.212. The van der Waals surface area contributed by atoms with E-state index in [4.69, 9.17) is 27.9 Å². The maximum absolute atomic E-state index is 12.1. The van der Waals surface area contributed by atoms with Crippen molar-refractivity contribution in [3.05, 3.63) is 63.6 Å². The third-order valence-corrected chi connectivity index (χ3v) is 4.47. The number of ether oxygens (including phenoxy) is 1. The van der Waals surface area contributed by atoms with Crippen molar-refractivity contribution in [3.63, 3.8) is 0 Å². The van der Waals surface area contributed by atoms with Crippen molar-refractivity contribution in [1.82, 2.24) is 16.0 Å². The van der Waals surface area contributed by atoms with Gasteiger partial charge in [0.05, 0.1) is 17.2 Å². The molecule has 0 aliphatic heterocycles. The van der Waals surface area contributed by atoms with Gasteiger partial charge in [0, 0.05) is 32.2 Å². The quantitative estimate of drug-likeness (QED) is 0.373. The molecule has 0 saturated heterocycles. The van der Waals surface area contributed by atoms with Crippen molar-refractivity contribution in [1.29, 1.82) is 0 Å². The first-order chi connectivity index (χ1) is 13.0. The number of benzene rings is 2. The lowest BCUT2D eigenvalue weighted by atomic mass is 10.2. The molecule has 0 saturated carbocycles. The Labute approximate surface area is 168 Å². The minimum Gasteiger partial charge on any atom is -0.497 e. The van der Waals surface area contributed by atoms with Crippen LogP contribution in [0.2, 0.25) is 10.0 Å². The van der Waals surface area contributed by atoms with Crippen LogP contribution in [0.4, 0.5) is 0 Å². The third-order valence-electron chi connectivity index (χ3n) is 3.73. The average Bonchev–Trinajstić information content (AvgIpc) is 2.69. The van der Waals surface area contributed by atoms with Gasteiger partial charge in [-0.15, -0.1) is 0 Å². The fraction of sp³-hybridized carbons (Fsp3) is 0.263. The summed E-state index contributed by atoms with van der Waals surface area (Å²) < 4.78 is 5.14. The Morgan fingerprint density at radius 1 is 1.00 bits per heavy atom. The fourth-order valence-electron chi connectivity index (χ4n) is 2.25. The van der Waals surface area contributed by atoms with Crippen molar-refractivity contribution >= 4 is 35.1 Å². The van der Waals surface area contributed by atoms with E-state index in [1.165, 1.54) is 0 Å². The van der Waals surface area contributed by atoms with Gasteiger partial charge in [0.15, 0.2) is 5.96 Å². The van der Waals surface area contributed by atoms with Crippen LogP contribution < -0.4 is 20.7 Å². The van der Waals surface area contributed by atoms with Gasteiger partial charge < -0.3 is 20.7 Å². The Kier molecular flexibility index (Phi) is 8.23. The Morgan fingerprint density at radius 2 is 1.70 bits per heavy atom. The molecule has 0 spiro atoms. The summed E-state index contributed by atoms with van der Waals surface area (Å²) in [6.07, 6.45) is 0. The molecule has 2 rings (SSSR count). The van der Waals surface area contributed by atoms with Gasteiger partial charge in [0.1, 0.15) is 5.75 Å². The minimum absolute atomic E-state index is 0.212. The Hall–Kier alpha value is -2.44. The van der Waals surface area contributed by atoms with Crippen LogP contribution in [0, 0.1) is 0 Å². The second-order valence-corrected chi connectivity index (χ2v) is 6.40. The van der Waals surface area contributed by atoms with Gasteiger partial charge in [-0.25, -0.2) is 0 Å². The molecule has 0 aromatic heterocycles. The normalized spacial score (nSPS) is 11.0. The monoisotopic (exact) mass is 408 g/mol. The topological polar surface area (TPSA) is 74.8 Å². The highest BCUT2D eigenvalue weighted by Gasteiger charge is 2.07. The Balaban J connectivity index is 1.72. The number of carbonyl (C=O) groups excluding carboxylic acids is 1. The zero-order valence-corrected chi connectivity index (χ0v) is 16.7. The summed E-state index contributed by atoms with van der Waals surface area (Å²) in [7, 11) is 3.33.